The highest BCUT2D eigenvalue weighted by Crippen LogP contribution is 2.30. The number of aromatic nitrogens is 2. The van der Waals surface area contributed by atoms with Crippen molar-refractivity contribution in [1.29, 1.82) is 5.26 Å². The highest BCUT2D eigenvalue weighted by molar-refractivity contribution is 7.16. The number of nitrogens with zero attached hydrogens (tertiary/aromatic N) is 3. The molecule has 1 amide bonds. The summed E-state index contributed by atoms with van der Waals surface area (Å²) in [4.78, 5) is 31.6. The number of hydrogen-bond acceptors (Lipinski definition) is 6. The Morgan fingerprint density at radius 2 is 1.76 bits per heavy atom. The fourth-order valence-corrected chi connectivity index (χ4v) is 2.86. The zero-order chi connectivity index (χ0) is 17.8. The average molecular weight is 350 g/mol. The number of rotatable bonds is 4. The summed E-state index contributed by atoms with van der Waals surface area (Å²) in [5, 5.41) is 21.0. The molecule has 8 heteroatoms. The number of anilines is 1. The first-order valence-electron chi connectivity index (χ1n) is 7.06. The molecule has 2 aromatic heterocycles. The second-order valence-corrected chi connectivity index (χ2v) is 5.84. The van der Waals surface area contributed by atoms with E-state index in [0.29, 0.717) is 10.6 Å². The summed E-state index contributed by atoms with van der Waals surface area (Å²) in [6.07, 6.45) is 0. The predicted molar refractivity (Wildman–Crippen MR) is 91.4 cm³/mol. The Labute approximate surface area is 146 Å². The summed E-state index contributed by atoms with van der Waals surface area (Å²) >= 11 is 1.04. The third-order valence-corrected chi connectivity index (χ3v) is 4.07. The van der Waals surface area contributed by atoms with Gasteiger partial charge in [0.2, 0.25) is 0 Å². The van der Waals surface area contributed by atoms with Crippen LogP contribution < -0.4 is 5.32 Å². The molecule has 2 heterocycles. The summed E-state index contributed by atoms with van der Waals surface area (Å²) in [6.45, 7) is 0. The number of carboxylic acid groups (broad SMARTS) is 1. The van der Waals surface area contributed by atoms with E-state index in [4.69, 9.17) is 5.11 Å². The summed E-state index contributed by atoms with van der Waals surface area (Å²) in [7, 11) is 0. The number of nitrogens with one attached hydrogen (secondary N) is 1. The Morgan fingerprint density at radius 3 is 2.44 bits per heavy atom. The number of pyridine rings is 1. The van der Waals surface area contributed by atoms with Gasteiger partial charge < -0.3 is 5.11 Å². The van der Waals surface area contributed by atoms with Gasteiger partial charge in [0.1, 0.15) is 28.0 Å². The van der Waals surface area contributed by atoms with E-state index in [-0.39, 0.29) is 16.5 Å². The van der Waals surface area contributed by atoms with Crippen molar-refractivity contribution in [2.45, 2.75) is 0 Å². The number of amides is 1. The molecule has 2 N–H and O–H groups in total. The van der Waals surface area contributed by atoms with Gasteiger partial charge >= 0.3 is 5.97 Å². The molecule has 0 aliphatic rings. The van der Waals surface area contributed by atoms with Gasteiger partial charge in [-0.2, -0.15) is 5.26 Å². The lowest BCUT2D eigenvalue weighted by atomic mass is 10.1. The van der Waals surface area contributed by atoms with Crippen LogP contribution in [0.1, 0.15) is 25.9 Å². The van der Waals surface area contributed by atoms with Crippen LogP contribution in [-0.4, -0.2) is 27.0 Å². The van der Waals surface area contributed by atoms with Gasteiger partial charge in [0.15, 0.2) is 5.13 Å². The van der Waals surface area contributed by atoms with Gasteiger partial charge in [-0.15, -0.1) is 0 Å². The quantitative estimate of drug-likeness (QED) is 0.747. The van der Waals surface area contributed by atoms with E-state index in [0.717, 1.165) is 16.9 Å². The molecule has 0 saturated carbocycles. The standard InChI is InChI=1S/C17H10N4O3S/c18-9-13-14(10-5-2-1-3-6-10)20-17(25-13)21-15(22)11-7-4-8-12(19-11)16(23)24/h1-8H,(H,23,24)(H,20,21,22). The van der Waals surface area contributed by atoms with E-state index in [9.17, 15) is 14.9 Å². The van der Waals surface area contributed by atoms with Gasteiger partial charge in [0.05, 0.1) is 0 Å². The number of carboxylic acids is 1. The molecule has 0 aliphatic carbocycles. The molecule has 0 saturated heterocycles. The lowest BCUT2D eigenvalue weighted by Crippen LogP contribution is -2.15. The lowest BCUT2D eigenvalue weighted by Gasteiger charge is -2.02. The molecular formula is C17H10N4O3S. The summed E-state index contributed by atoms with van der Waals surface area (Å²) in [5.74, 6) is -1.82. The van der Waals surface area contributed by atoms with E-state index in [1.165, 1.54) is 18.2 Å². The van der Waals surface area contributed by atoms with Crippen LogP contribution in [0.3, 0.4) is 0 Å². The third-order valence-electron chi connectivity index (χ3n) is 3.20. The molecular weight excluding hydrogens is 340 g/mol. The Balaban J connectivity index is 1.88. The molecule has 0 radical (unpaired) electrons. The zero-order valence-corrected chi connectivity index (χ0v) is 13.4. The first-order chi connectivity index (χ1) is 12.1. The van der Waals surface area contributed by atoms with E-state index >= 15 is 0 Å². The van der Waals surface area contributed by atoms with E-state index in [2.05, 4.69) is 21.4 Å². The summed E-state index contributed by atoms with van der Waals surface area (Å²) in [5.41, 5.74) is 0.974. The van der Waals surface area contributed by atoms with Crippen LogP contribution in [0.4, 0.5) is 5.13 Å². The van der Waals surface area contributed by atoms with Gasteiger partial charge in [0, 0.05) is 5.56 Å². The molecule has 3 aromatic rings. The smallest absolute Gasteiger partial charge is 0.354 e. The maximum Gasteiger partial charge on any atom is 0.354 e. The molecule has 0 atom stereocenters. The number of carbonyl (C=O) groups is 2. The van der Waals surface area contributed by atoms with Crippen LogP contribution in [0.25, 0.3) is 11.3 Å². The Kier molecular flexibility index (Phi) is 4.50. The van der Waals surface area contributed by atoms with Gasteiger partial charge in [-0.3, -0.25) is 10.1 Å². The van der Waals surface area contributed by atoms with Crippen LogP contribution in [0.5, 0.6) is 0 Å². The van der Waals surface area contributed by atoms with Crippen molar-refractivity contribution in [3.8, 4) is 17.3 Å². The third kappa shape index (κ3) is 3.52. The van der Waals surface area contributed by atoms with Crippen molar-refractivity contribution in [1.82, 2.24) is 9.97 Å². The molecule has 0 bridgehead atoms. The number of benzene rings is 1. The lowest BCUT2D eigenvalue weighted by molar-refractivity contribution is 0.0690. The molecule has 122 valence electrons. The van der Waals surface area contributed by atoms with Gasteiger partial charge in [0.25, 0.3) is 5.91 Å². The van der Waals surface area contributed by atoms with Crippen LogP contribution in [0.2, 0.25) is 0 Å². The van der Waals surface area contributed by atoms with Crippen LogP contribution >= 0.6 is 11.3 Å². The first kappa shape index (κ1) is 16.3. The fourth-order valence-electron chi connectivity index (χ4n) is 2.08. The van der Waals surface area contributed by atoms with Crippen LogP contribution in [-0.2, 0) is 0 Å². The summed E-state index contributed by atoms with van der Waals surface area (Å²) < 4.78 is 0. The normalized spacial score (nSPS) is 10.0. The molecule has 25 heavy (non-hydrogen) atoms. The number of hydrogen-bond donors (Lipinski definition) is 2. The zero-order valence-electron chi connectivity index (χ0n) is 12.6. The summed E-state index contributed by atoms with van der Waals surface area (Å²) in [6, 6.07) is 15.3. The van der Waals surface area contributed by atoms with Crippen molar-refractivity contribution in [2.24, 2.45) is 0 Å². The van der Waals surface area contributed by atoms with Gasteiger partial charge in [-0.25, -0.2) is 14.8 Å². The minimum atomic E-state index is -1.22. The fraction of sp³-hybridized carbons (Fsp3) is 0. The Hall–Kier alpha value is -3.57. The topological polar surface area (TPSA) is 116 Å². The van der Waals surface area contributed by atoms with E-state index < -0.39 is 11.9 Å². The van der Waals surface area contributed by atoms with Crippen molar-refractivity contribution >= 4 is 28.3 Å². The van der Waals surface area contributed by atoms with Crippen LogP contribution in [0, 0.1) is 11.3 Å². The number of aromatic carboxylic acids is 1. The van der Waals surface area contributed by atoms with Gasteiger partial charge in [-0.1, -0.05) is 47.7 Å². The molecule has 3 rings (SSSR count). The second-order valence-electron chi connectivity index (χ2n) is 4.84. The number of carbonyl (C=O) groups excluding carboxylic acids is 1. The van der Waals surface area contributed by atoms with Crippen molar-refractivity contribution in [2.75, 3.05) is 5.32 Å². The monoisotopic (exact) mass is 350 g/mol. The first-order valence-corrected chi connectivity index (χ1v) is 7.88. The Morgan fingerprint density at radius 1 is 1.04 bits per heavy atom. The van der Waals surface area contributed by atoms with Crippen molar-refractivity contribution in [3.05, 3.63) is 64.8 Å². The molecule has 1 aromatic carbocycles. The molecule has 7 nitrogen and oxygen atoms in total. The average Bonchev–Trinajstić information content (AvgIpc) is 3.05. The Bertz CT molecular complexity index is 993. The predicted octanol–water partition coefficient (Wildman–Crippen LogP) is 3.03. The molecule has 0 aliphatic heterocycles. The molecule has 0 spiro atoms. The number of nitriles is 1. The second kappa shape index (κ2) is 6.90. The molecule has 0 unspecified atom stereocenters. The van der Waals surface area contributed by atoms with Crippen LogP contribution in [0.15, 0.2) is 48.5 Å². The van der Waals surface area contributed by atoms with E-state index in [1.807, 2.05) is 30.3 Å². The van der Waals surface area contributed by atoms with Crippen molar-refractivity contribution < 1.29 is 14.7 Å². The minimum absolute atomic E-state index is 0.0464. The SMILES string of the molecule is N#Cc1sc(NC(=O)c2cccc(C(=O)O)n2)nc1-c1ccccc1. The van der Waals surface area contributed by atoms with Crippen molar-refractivity contribution in [3.63, 3.8) is 0 Å². The number of thiazole rings is 1. The minimum Gasteiger partial charge on any atom is -0.477 e. The highest BCUT2D eigenvalue weighted by atomic mass is 32.1. The van der Waals surface area contributed by atoms with Gasteiger partial charge in [-0.05, 0) is 12.1 Å². The highest BCUT2D eigenvalue weighted by Gasteiger charge is 2.17. The largest absolute Gasteiger partial charge is 0.477 e. The maximum absolute atomic E-state index is 12.3. The molecule has 0 fully saturated rings. The van der Waals surface area contributed by atoms with E-state index in [1.54, 1.807) is 0 Å². The maximum atomic E-state index is 12.3.